The standard InChI is InChI=1S/C19H28N4O3/c1-6-23-10-9-20-18(23)13-22(4)19(24)21-12-15-7-8-16(26-14(2)3)17(11-15)25-5/h7-11,14H,6,12-13H2,1-5H3,(H,21,24). The second kappa shape index (κ2) is 9.12. The van der Waals surface area contributed by atoms with Gasteiger partial charge in [-0.1, -0.05) is 6.07 Å². The third-order valence-corrected chi connectivity index (χ3v) is 3.90. The van der Waals surface area contributed by atoms with Gasteiger partial charge in [0.15, 0.2) is 11.5 Å². The summed E-state index contributed by atoms with van der Waals surface area (Å²) in [5.74, 6) is 2.21. The van der Waals surface area contributed by atoms with Crippen LogP contribution in [0.4, 0.5) is 4.79 Å². The van der Waals surface area contributed by atoms with Crippen molar-refractivity contribution >= 4 is 6.03 Å². The summed E-state index contributed by atoms with van der Waals surface area (Å²) >= 11 is 0. The fraction of sp³-hybridized carbons (Fsp3) is 0.474. The summed E-state index contributed by atoms with van der Waals surface area (Å²) in [5, 5.41) is 2.91. The SMILES string of the molecule is CCn1ccnc1CN(C)C(=O)NCc1ccc(OC(C)C)c(OC)c1. The Morgan fingerprint density at radius 2 is 2.12 bits per heavy atom. The molecule has 0 aliphatic rings. The average molecular weight is 360 g/mol. The summed E-state index contributed by atoms with van der Waals surface area (Å²) in [5.41, 5.74) is 0.940. The van der Waals surface area contributed by atoms with Gasteiger partial charge in [-0.3, -0.25) is 0 Å². The molecule has 0 saturated carbocycles. The number of nitrogens with zero attached hydrogens (tertiary/aromatic N) is 3. The Kier molecular flexibility index (Phi) is 6.89. The van der Waals surface area contributed by atoms with Gasteiger partial charge in [-0.05, 0) is 38.5 Å². The van der Waals surface area contributed by atoms with Crippen LogP contribution < -0.4 is 14.8 Å². The fourth-order valence-corrected chi connectivity index (χ4v) is 2.55. The Bertz CT molecular complexity index is 727. The Morgan fingerprint density at radius 1 is 1.35 bits per heavy atom. The van der Waals surface area contributed by atoms with Crippen molar-refractivity contribution in [2.45, 2.75) is 46.5 Å². The van der Waals surface area contributed by atoms with E-state index >= 15 is 0 Å². The number of methoxy groups -OCH3 is 1. The molecule has 1 aromatic heterocycles. The second-order valence-electron chi connectivity index (χ2n) is 6.30. The molecule has 2 aromatic rings. The van der Waals surface area contributed by atoms with E-state index in [4.69, 9.17) is 9.47 Å². The number of imidazole rings is 1. The number of benzene rings is 1. The topological polar surface area (TPSA) is 68.6 Å². The number of aromatic nitrogens is 2. The van der Waals surface area contributed by atoms with Crippen molar-refractivity contribution in [2.75, 3.05) is 14.2 Å². The first-order chi connectivity index (χ1) is 12.4. The number of aryl methyl sites for hydroxylation is 1. The van der Waals surface area contributed by atoms with Crippen LogP contribution in [-0.4, -0.2) is 40.7 Å². The molecule has 0 fully saturated rings. The maximum atomic E-state index is 12.3. The number of carbonyl (C=O) groups is 1. The van der Waals surface area contributed by atoms with Gasteiger partial charge in [0.25, 0.3) is 0 Å². The van der Waals surface area contributed by atoms with Gasteiger partial charge in [-0.2, -0.15) is 0 Å². The van der Waals surface area contributed by atoms with Crippen LogP contribution in [0.1, 0.15) is 32.2 Å². The maximum absolute atomic E-state index is 12.3. The molecule has 0 bridgehead atoms. The summed E-state index contributed by atoms with van der Waals surface area (Å²) in [4.78, 5) is 18.2. The Morgan fingerprint density at radius 3 is 2.77 bits per heavy atom. The monoisotopic (exact) mass is 360 g/mol. The maximum Gasteiger partial charge on any atom is 0.317 e. The number of amides is 2. The highest BCUT2D eigenvalue weighted by Gasteiger charge is 2.13. The zero-order chi connectivity index (χ0) is 19.1. The molecule has 0 aliphatic heterocycles. The summed E-state index contributed by atoms with van der Waals surface area (Å²) in [6, 6.07) is 5.51. The number of urea groups is 1. The van der Waals surface area contributed by atoms with E-state index in [1.54, 1.807) is 25.3 Å². The van der Waals surface area contributed by atoms with Crippen LogP contribution in [-0.2, 0) is 19.6 Å². The quantitative estimate of drug-likeness (QED) is 0.786. The van der Waals surface area contributed by atoms with Crippen molar-refractivity contribution in [1.82, 2.24) is 19.8 Å². The number of nitrogens with one attached hydrogen (secondary N) is 1. The molecule has 1 N–H and O–H groups in total. The molecule has 0 unspecified atom stereocenters. The van der Waals surface area contributed by atoms with Crippen molar-refractivity contribution in [3.05, 3.63) is 42.0 Å². The highest BCUT2D eigenvalue weighted by molar-refractivity contribution is 5.73. The van der Waals surface area contributed by atoms with Crippen LogP contribution in [0.3, 0.4) is 0 Å². The number of hydrogen-bond donors (Lipinski definition) is 1. The highest BCUT2D eigenvalue weighted by Crippen LogP contribution is 2.28. The lowest BCUT2D eigenvalue weighted by atomic mass is 10.2. The first kappa shape index (κ1) is 19.6. The molecule has 7 nitrogen and oxygen atoms in total. The summed E-state index contributed by atoms with van der Waals surface area (Å²) in [6.07, 6.45) is 3.73. The largest absolute Gasteiger partial charge is 0.493 e. The molecule has 7 heteroatoms. The Balaban J connectivity index is 1.94. The van der Waals surface area contributed by atoms with Crippen molar-refractivity contribution in [1.29, 1.82) is 0 Å². The van der Waals surface area contributed by atoms with E-state index < -0.39 is 0 Å². The molecular weight excluding hydrogens is 332 g/mol. The molecule has 26 heavy (non-hydrogen) atoms. The molecule has 0 saturated heterocycles. The summed E-state index contributed by atoms with van der Waals surface area (Å²) < 4.78 is 13.1. The minimum absolute atomic E-state index is 0.0683. The molecule has 1 heterocycles. The summed E-state index contributed by atoms with van der Waals surface area (Å²) in [7, 11) is 3.36. The van der Waals surface area contributed by atoms with Crippen molar-refractivity contribution in [2.24, 2.45) is 0 Å². The van der Waals surface area contributed by atoms with Crippen molar-refractivity contribution in [3.8, 4) is 11.5 Å². The van der Waals surface area contributed by atoms with Gasteiger partial charge in [-0.15, -0.1) is 0 Å². The van der Waals surface area contributed by atoms with Gasteiger partial charge in [0.1, 0.15) is 5.82 Å². The van der Waals surface area contributed by atoms with Crippen molar-refractivity contribution < 1.29 is 14.3 Å². The van der Waals surface area contributed by atoms with Crippen LogP contribution in [0, 0.1) is 0 Å². The van der Waals surface area contributed by atoms with Crippen LogP contribution in [0.25, 0.3) is 0 Å². The van der Waals surface area contributed by atoms with E-state index in [-0.39, 0.29) is 12.1 Å². The molecular formula is C19H28N4O3. The third-order valence-electron chi connectivity index (χ3n) is 3.90. The zero-order valence-electron chi connectivity index (χ0n) is 16.2. The Labute approximate surface area is 154 Å². The molecule has 0 atom stereocenters. The minimum atomic E-state index is -0.155. The van der Waals surface area contributed by atoms with Crippen molar-refractivity contribution in [3.63, 3.8) is 0 Å². The van der Waals surface area contributed by atoms with Gasteiger partial charge in [0, 0.05) is 32.5 Å². The lowest BCUT2D eigenvalue weighted by Gasteiger charge is -2.19. The van der Waals surface area contributed by atoms with Gasteiger partial charge < -0.3 is 24.3 Å². The fourth-order valence-electron chi connectivity index (χ4n) is 2.55. The lowest BCUT2D eigenvalue weighted by molar-refractivity contribution is 0.204. The highest BCUT2D eigenvalue weighted by atomic mass is 16.5. The lowest BCUT2D eigenvalue weighted by Crippen LogP contribution is -2.37. The van der Waals surface area contributed by atoms with Gasteiger partial charge in [0.05, 0.1) is 19.8 Å². The van der Waals surface area contributed by atoms with E-state index in [2.05, 4.69) is 10.3 Å². The molecule has 2 amide bonds. The summed E-state index contributed by atoms with van der Waals surface area (Å²) in [6.45, 7) is 7.67. The van der Waals surface area contributed by atoms with Crippen LogP contribution >= 0.6 is 0 Å². The second-order valence-corrected chi connectivity index (χ2v) is 6.30. The molecule has 1 aromatic carbocycles. The van der Waals surface area contributed by atoms with E-state index in [1.165, 1.54) is 0 Å². The molecule has 0 radical (unpaired) electrons. The Hall–Kier alpha value is -2.70. The zero-order valence-corrected chi connectivity index (χ0v) is 16.2. The molecule has 0 aliphatic carbocycles. The van der Waals surface area contributed by atoms with Crippen LogP contribution in [0.15, 0.2) is 30.6 Å². The molecule has 142 valence electrons. The van der Waals surface area contributed by atoms with Crippen LogP contribution in [0.2, 0.25) is 0 Å². The predicted molar refractivity (Wildman–Crippen MR) is 100 cm³/mol. The van der Waals surface area contributed by atoms with Gasteiger partial charge >= 0.3 is 6.03 Å². The number of hydrogen-bond acceptors (Lipinski definition) is 4. The molecule has 0 spiro atoms. The number of carbonyl (C=O) groups excluding carboxylic acids is 1. The third kappa shape index (κ3) is 5.15. The van der Waals surface area contributed by atoms with E-state index in [0.29, 0.717) is 24.6 Å². The predicted octanol–water partition coefficient (Wildman–Crippen LogP) is 3.04. The van der Waals surface area contributed by atoms with Gasteiger partial charge in [0.2, 0.25) is 0 Å². The van der Waals surface area contributed by atoms with Gasteiger partial charge in [-0.25, -0.2) is 9.78 Å². The smallest absolute Gasteiger partial charge is 0.317 e. The minimum Gasteiger partial charge on any atom is -0.493 e. The number of ether oxygens (including phenoxy) is 2. The first-order valence-corrected chi connectivity index (χ1v) is 8.77. The van der Waals surface area contributed by atoms with E-state index in [1.807, 2.05) is 49.7 Å². The van der Waals surface area contributed by atoms with E-state index in [9.17, 15) is 4.79 Å². The average Bonchev–Trinajstić information content (AvgIpc) is 3.07. The van der Waals surface area contributed by atoms with E-state index in [0.717, 1.165) is 17.9 Å². The first-order valence-electron chi connectivity index (χ1n) is 8.77. The molecule has 2 rings (SSSR count). The van der Waals surface area contributed by atoms with Crippen LogP contribution in [0.5, 0.6) is 11.5 Å². The normalized spacial score (nSPS) is 10.7. The number of rotatable bonds is 8.